The zero-order valence-electron chi connectivity index (χ0n) is 9.13. The van der Waals surface area contributed by atoms with E-state index < -0.39 is 6.43 Å². The SMILES string of the molecule is CNCC(=O)c1cc(C(F)F)cc2c1OCO2. The summed E-state index contributed by atoms with van der Waals surface area (Å²) < 4.78 is 35.4. The highest BCUT2D eigenvalue weighted by atomic mass is 19.3. The highest BCUT2D eigenvalue weighted by Crippen LogP contribution is 2.39. The number of rotatable bonds is 4. The van der Waals surface area contributed by atoms with E-state index >= 15 is 0 Å². The van der Waals surface area contributed by atoms with E-state index in [9.17, 15) is 13.6 Å². The largest absolute Gasteiger partial charge is 0.454 e. The summed E-state index contributed by atoms with van der Waals surface area (Å²) in [6.45, 7) is 0.00432. The zero-order chi connectivity index (χ0) is 12.4. The van der Waals surface area contributed by atoms with Crippen LogP contribution in [0.2, 0.25) is 0 Å². The summed E-state index contributed by atoms with van der Waals surface area (Å²) >= 11 is 0. The van der Waals surface area contributed by atoms with Gasteiger partial charge < -0.3 is 14.8 Å². The molecule has 0 unspecified atom stereocenters. The quantitative estimate of drug-likeness (QED) is 0.818. The van der Waals surface area contributed by atoms with Crippen LogP contribution < -0.4 is 14.8 Å². The molecule has 1 N–H and O–H groups in total. The zero-order valence-corrected chi connectivity index (χ0v) is 9.13. The third-order valence-electron chi connectivity index (χ3n) is 2.38. The maximum Gasteiger partial charge on any atom is 0.264 e. The lowest BCUT2D eigenvalue weighted by Gasteiger charge is -2.08. The number of halogens is 2. The maximum atomic E-state index is 12.6. The summed E-state index contributed by atoms with van der Waals surface area (Å²) in [4.78, 5) is 11.7. The lowest BCUT2D eigenvalue weighted by molar-refractivity contribution is 0.0988. The summed E-state index contributed by atoms with van der Waals surface area (Å²) in [5.74, 6) is 0.133. The van der Waals surface area contributed by atoms with Gasteiger partial charge in [-0.1, -0.05) is 0 Å². The number of ketones is 1. The number of alkyl halides is 2. The summed E-state index contributed by atoms with van der Waals surface area (Å²) in [6, 6.07) is 2.35. The van der Waals surface area contributed by atoms with Crippen LogP contribution >= 0.6 is 0 Å². The Kier molecular flexibility index (Phi) is 3.23. The van der Waals surface area contributed by atoms with E-state index in [4.69, 9.17) is 9.47 Å². The van der Waals surface area contributed by atoms with Gasteiger partial charge in [0.15, 0.2) is 17.3 Å². The minimum Gasteiger partial charge on any atom is -0.454 e. The molecular formula is C11H11F2NO3. The maximum absolute atomic E-state index is 12.6. The van der Waals surface area contributed by atoms with Crippen LogP contribution in [-0.4, -0.2) is 26.2 Å². The van der Waals surface area contributed by atoms with E-state index in [1.807, 2.05) is 0 Å². The number of hydrogen-bond donors (Lipinski definition) is 1. The lowest BCUT2D eigenvalue weighted by atomic mass is 10.0. The molecule has 17 heavy (non-hydrogen) atoms. The number of benzene rings is 1. The smallest absolute Gasteiger partial charge is 0.264 e. The highest BCUT2D eigenvalue weighted by molar-refractivity contribution is 6.01. The van der Waals surface area contributed by atoms with Crippen molar-refractivity contribution < 1.29 is 23.0 Å². The Bertz CT molecular complexity index is 449. The number of ether oxygens (including phenoxy) is 2. The van der Waals surface area contributed by atoms with Gasteiger partial charge in [0.2, 0.25) is 6.79 Å². The lowest BCUT2D eigenvalue weighted by Crippen LogP contribution is -2.19. The summed E-state index contributed by atoms with van der Waals surface area (Å²) in [5, 5.41) is 2.67. The van der Waals surface area contributed by atoms with Crippen LogP contribution in [0.3, 0.4) is 0 Å². The Balaban J connectivity index is 2.45. The van der Waals surface area contributed by atoms with Gasteiger partial charge in [0, 0.05) is 5.56 Å². The van der Waals surface area contributed by atoms with Crippen molar-refractivity contribution in [1.82, 2.24) is 5.32 Å². The van der Waals surface area contributed by atoms with E-state index in [2.05, 4.69) is 5.32 Å². The number of nitrogens with one attached hydrogen (secondary N) is 1. The van der Waals surface area contributed by atoms with Crippen molar-refractivity contribution in [3.8, 4) is 11.5 Å². The Morgan fingerprint density at radius 3 is 2.88 bits per heavy atom. The van der Waals surface area contributed by atoms with Crippen molar-refractivity contribution in [2.75, 3.05) is 20.4 Å². The molecule has 0 aliphatic carbocycles. The van der Waals surface area contributed by atoms with Crippen molar-refractivity contribution in [2.24, 2.45) is 0 Å². The molecule has 0 amide bonds. The second kappa shape index (κ2) is 4.67. The molecule has 92 valence electrons. The molecule has 0 saturated carbocycles. The number of carbonyl (C=O) groups is 1. The fourth-order valence-electron chi connectivity index (χ4n) is 1.62. The molecule has 1 aliphatic heterocycles. The Morgan fingerprint density at radius 1 is 1.47 bits per heavy atom. The van der Waals surface area contributed by atoms with E-state index in [1.54, 1.807) is 7.05 Å². The van der Waals surface area contributed by atoms with Crippen molar-refractivity contribution in [3.63, 3.8) is 0 Å². The topological polar surface area (TPSA) is 47.6 Å². The second-order valence-corrected chi connectivity index (χ2v) is 3.56. The molecular weight excluding hydrogens is 232 g/mol. The van der Waals surface area contributed by atoms with Crippen LogP contribution in [0.5, 0.6) is 11.5 Å². The number of carbonyl (C=O) groups excluding carboxylic acids is 1. The predicted molar refractivity (Wildman–Crippen MR) is 55.8 cm³/mol. The summed E-state index contributed by atoms with van der Waals surface area (Å²) in [7, 11) is 1.60. The third-order valence-corrected chi connectivity index (χ3v) is 2.38. The number of likely N-dealkylation sites (N-methyl/N-ethyl adjacent to an activating group) is 1. The average Bonchev–Trinajstić information content (AvgIpc) is 2.75. The Labute approximate surface area is 96.5 Å². The van der Waals surface area contributed by atoms with Crippen molar-refractivity contribution in [1.29, 1.82) is 0 Å². The molecule has 0 atom stereocenters. The van der Waals surface area contributed by atoms with Gasteiger partial charge in [0.05, 0.1) is 12.1 Å². The van der Waals surface area contributed by atoms with Crippen LogP contribution in [0.15, 0.2) is 12.1 Å². The first-order chi connectivity index (χ1) is 8.13. The predicted octanol–water partition coefficient (Wildman–Crippen LogP) is 1.75. The van der Waals surface area contributed by atoms with Crippen LogP contribution in [0.25, 0.3) is 0 Å². The second-order valence-electron chi connectivity index (χ2n) is 3.56. The van der Waals surface area contributed by atoms with E-state index in [-0.39, 0.29) is 41.7 Å². The van der Waals surface area contributed by atoms with Gasteiger partial charge in [-0.2, -0.15) is 0 Å². The van der Waals surface area contributed by atoms with Gasteiger partial charge in [0.1, 0.15) is 0 Å². The van der Waals surface area contributed by atoms with Crippen molar-refractivity contribution in [3.05, 3.63) is 23.3 Å². The van der Waals surface area contributed by atoms with Crippen molar-refractivity contribution in [2.45, 2.75) is 6.43 Å². The van der Waals surface area contributed by atoms with E-state index in [0.29, 0.717) is 0 Å². The standard InChI is InChI=1S/C11H11F2NO3/c1-14-4-8(15)7-2-6(11(12)13)3-9-10(7)17-5-16-9/h2-3,11,14H,4-5H2,1H3. The number of Topliss-reactive ketones (excluding diaryl/α,β-unsaturated/α-hetero) is 1. The Morgan fingerprint density at radius 2 is 2.24 bits per heavy atom. The summed E-state index contributed by atoms with van der Waals surface area (Å²) in [5.41, 5.74) is -0.113. The van der Waals surface area contributed by atoms with Gasteiger partial charge in [-0.3, -0.25) is 4.79 Å². The molecule has 2 rings (SSSR count). The molecule has 1 aromatic rings. The molecule has 6 heteroatoms. The fraction of sp³-hybridized carbons (Fsp3) is 0.364. The highest BCUT2D eigenvalue weighted by Gasteiger charge is 2.25. The Hall–Kier alpha value is -1.69. The molecule has 0 saturated heterocycles. The summed E-state index contributed by atoms with van der Waals surface area (Å²) in [6.07, 6.45) is -2.65. The van der Waals surface area contributed by atoms with Gasteiger partial charge >= 0.3 is 0 Å². The molecule has 0 spiro atoms. The molecule has 1 aromatic carbocycles. The first kappa shape index (κ1) is 11.8. The van der Waals surface area contributed by atoms with Gasteiger partial charge in [-0.25, -0.2) is 8.78 Å². The number of hydrogen-bond acceptors (Lipinski definition) is 4. The number of fused-ring (bicyclic) bond motifs is 1. The van der Waals surface area contributed by atoms with Gasteiger partial charge in [-0.15, -0.1) is 0 Å². The minimum atomic E-state index is -2.65. The molecule has 0 bridgehead atoms. The molecule has 0 aromatic heterocycles. The van der Waals surface area contributed by atoms with Crippen LogP contribution in [-0.2, 0) is 0 Å². The van der Waals surface area contributed by atoms with Gasteiger partial charge in [-0.05, 0) is 19.2 Å². The monoisotopic (exact) mass is 243 g/mol. The van der Waals surface area contributed by atoms with Gasteiger partial charge in [0.25, 0.3) is 6.43 Å². The molecule has 0 fully saturated rings. The molecule has 4 nitrogen and oxygen atoms in total. The van der Waals surface area contributed by atoms with Crippen LogP contribution in [0, 0.1) is 0 Å². The van der Waals surface area contributed by atoms with Crippen molar-refractivity contribution >= 4 is 5.78 Å². The minimum absolute atomic E-state index is 0.0537. The van der Waals surface area contributed by atoms with E-state index in [0.717, 1.165) is 6.07 Å². The van der Waals surface area contributed by atoms with Crippen LogP contribution in [0.4, 0.5) is 8.78 Å². The molecule has 0 radical (unpaired) electrons. The first-order valence-electron chi connectivity index (χ1n) is 5.03. The third kappa shape index (κ3) is 2.21. The van der Waals surface area contributed by atoms with E-state index in [1.165, 1.54) is 6.07 Å². The fourth-order valence-corrected chi connectivity index (χ4v) is 1.62. The van der Waals surface area contributed by atoms with Crippen LogP contribution in [0.1, 0.15) is 22.3 Å². The first-order valence-corrected chi connectivity index (χ1v) is 5.03. The normalized spacial score (nSPS) is 13.2. The average molecular weight is 243 g/mol. The molecule has 1 heterocycles. The molecule has 1 aliphatic rings.